The quantitative estimate of drug-likeness (QED) is 0.604. The number of aryl methyl sites for hydroxylation is 2. The van der Waals surface area contributed by atoms with Gasteiger partial charge in [-0.25, -0.2) is 0 Å². The summed E-state index contributed by atoms with van der Waals surface area (Å²) >= 11 is 1.41. The summed E-state index contributed by atoms with van der Waals surface area (Å²) in [5.41, 5.74) is 4.15. The lowest BCUT2D eigenvalue weighted by atomic mass is 10.1. The Labute approximate surface area is 174 Å². The van der Waals surface area contributed by atoms with Crippen molar-refractivity contribution >= 4 is 17.7 Å². The van der Waals surface area contributed by atoms with E-state index in [1.807, 2.05) is 21.6 Å². The van der Waals surface area contributed by atoms with Crippen LogP contribution in [0.4, 0.5) is 0 Å². The number of pyridine rings is 1. The van der Waals surface area contributed by atoms with Gasteiger partial charge in [0, 0.05) is 31.0 Å². The number of nitrogens with zero attached hydrogens (tertiary/aromatic N) is 5. The summed E-state index contributed by atoms with van der Waals surface area (Å²) in [6.45, 7) is 6.61. The van der Waals surface area contributed by atoms with E-state index >= 15 is 0 Å². The molecule has 0 N–H and O–H groups in total. The summed E-state index contributed by atoms with van der Waals surface area (Å²) in [6.07, 6.45) is 3.51. The Hall–Kier alpha value is -2.71. The van der Waals surface area contributed by atoms with Crippen LogP contribution >= 0.6 is 11.8 Å². The molecular weight excluding hydrogens is 386 g/mol. The smallest absolute Gasteiger partial charge is 0.233 e. The fraction of sp³-hybridized carbons (Fsp3) is 0.333. The lowest BCUT2D eigenvalue weighted by Gasteiger charge is -2.26. The molecule has 8 heteroatoms. The van der Waals surface area contributed by atoms with Crippen molar-refractivity contribution in [3.63, 3.8) is 0 Å². The van der Waals surface area contributed by atoms with E-state index in [1.165, 1.54) is 11.8 Å². The molecule has 0 atom stereocenters. The Bertz CT molecular complexity index is 1000. The van der Waals surface area contributed by atoms with Gasteiger partial charge in [-0.1, -0.05) is 23.9 Å². The number of ether oxygens (including phenoxy) is 1. The van der Waals surface area contributed by atoms with E-state index in [0.717, 1.165) is 22.4 Å². The largest absolute Gasteiger partial charge is 0.378 e. The molecule has 1 aromatic carbocycles. The number of morpholine rings is 1. The fourth-order valence-corrected chi connectivity index (χ4v) is 4.10. The highest BCUT2D eigenvalue weighted by Crippen LogP contribution is 2.29. The predicted molar refractivity (Wildman–Crippen MR) is 112 cm³/mol. The van der Waals surface area contributed by atoms with Gasteiger partial charge in [-0.15, -0.1) is 10.2 Å². The van der Waals surface area contributed by atoms with Crippen molar-refractivity contribution in [2.75, 3.05) is 32.1 Å². The first kappa shape index (κ1) is 19.6. The van der Waals surface area contributed by atoms with E-state index in [-0.39, 0.29) is 5.91 Å². The second kappa shape index (κ2) is 8.75. The standard InChI is InChI=1S/C21H23N5O2S/c1-15-5-6-16(2)18(12-15)26-20(17-4-3-7-22-13-17)23-24-21(26)29-14-19(27)25-8-10-28-11-9-25/h3-7,12-13H,8-11,14H2,1-2H3. The summed E-state index contributed by atoms with van der Waals surface area (Å²) < 4.78 is 7.36. The average Bonchev–Trinajstić information content (AvgIpc) is 3.18. The Morgan fingerprint density at radius 1 is 1.17 bits per heavy atom. The number of carbonyl (C=O) groups excluding carboxylic acids is 1. The molecule has 1 aliphatic rings. The van der Waals surface area contributed by atoms with Gasteiger partial charge < -0.3 is 9.64 Å². The third kappa shape index (κ3) is 4.33. The van der Waals surface area contributed by atoms with Gasteiger partial charge in [0.25, 0.3) is 0 Å². The molecule has 1 saturated heterocycles. The molecule has 0 aliphatic carbocycles. The fourth-order valence-electron chi connectivity index (χ4n) is 3.25. The first-order valence-electron chi connectivity index (χ1n) is 9.55. The number of aromatic nitrogens is 4. The van der Waals surface area contributed by atoms with Crippen molar-refractivity contribution in [2.24, 2.45) is 0 Å². The van der Waals surface area contributed by atoms with Crippen LogP contribution in [0.2, 0.25) is 0 Å². The number of hydrogen-bond acceptors (Lipinski definition) is 6. The van der Waals surface area contributed by atoms with Gasteiger partial charge in [-0.2, -0.15) is 0 Å². The van der Waals surface area contributed by atoms with E-state index in [9.17, 15) is 4.79 Å². The lowest BCUT2D eigenvalue weighted by molar-refractivity contribution is -0.132. The molecule has 0 saturated carbocycles. The third-order valence-corrected chi connectivity index (χ3v) is 5.76. The second-order valence-corrected chi connectivity index (χ2v) is 7.90. The first-order valence-corrected chi connectivity index (χ1v) is 10.5. The van der Waals surface area contributed by atoms with Crippen LogP contribution in [0.25, 0.3) is 17.1 Å². The summed E-state index contributed by atoms with van der Waals surface area (Å²) in [5.74, 6) is 1.13. The topological polar surface area (TPSA) is 73.1 Å². The van der Waals surface area contributed by atoms with Crippen molar-refractivity contribution in [3.05, 3.63) is 53.9 Å². The molecule has 0 spiro atoms. The second-order valence-electron chi connectivity index (χ2n) is 6.96. The molecule has 2 aromatic heterocycles. The van der Waals surface area contributed by atoms with Crippen LogP contribution in [-0.4, -0.2) is 62.6 Å². The molecule has 7 nitrogen and oxygen atoms in total. The molecule has 0 radical (unpaired) electrons. The first-order chi connectivity index (χ1) is 14.1. The molecule has 3 aromatic rings. The lowest BCUT2D eigenvalue weighted by Crippen LogP contribution is -2.41. The average molecular weight is 410 g/mol. The highest BCUT2D eigenvalue weighted by atomic mass is 32.2. The number of benzene rings is 1. The Kier molecular flexibility index (Phi) is 5.92. The highest BCUT2D eigenvalue weighted by molar-refractivity contribution is 7.99. The van der Waals surface area contributed by atoms with E-state index in [0.29, 0.717) is 43.0 Å². The van der Waals surface area contributed by atoms with E-state index in [2.05, 4.69) is 47.2 Å². The van der Waals surface area contributed by atoms with Crippen LogP contribution < -0.4 is 0 Å². The van der Waals surface area contributed by atoms with Gasteiger partial charge in [0.1, 0.15) is 0 Å². The number of rotatable bonds is 5. The van der Waals surface area contributed by atoms with Gasteiger partial charge in [0.2, 0.25) is 5.91 Å². The molecule has 150 valence electrons. The molecule has 0 bridgehead atoms. The number of carbonyl (C=O) groups is 1. The zero-order chi connectivity index (χ0) is 20.2. The van der Waals surface area contributed by atoms with E-state index < -0.39 is 0 Å². The van der Waals surface area contributed by atoms with Crippen molar-refractivity contribution in [1.29, 1.82) is 0 Å². The van der Waals surface area contributed by atoms with Crippen molar-refractivity contribution < 1.29 is 9.53 Å². The third-order valence-electron chi connectivity index (χ3n) is 4.85. The molecule has 29 heavy (non-hydrogen) atoms. The van der Waals surface area contributed by atoms with Crippen LogP contribution in [0.1, 0.15) is 11.1 Å². The number of hydrogen-bond donors (Lipinski definition) is 0. The van der Waals surface area contributed by atoms with Crippen LogP contribution in [0.15, 0.2) is 47.9 Å². The summed E-state index contributed by atoms with van der Waals surface area (Å²) in [5, 5.41) is 9.53. The highest BCUT2D eigenvalue weighted by Gasteiger charge is 2.21. The Morgan fingerprint density at radius 3 is 2.76 bits per heavy atom. The molecular formula is C21H23N5O2S. The van der Waals surface area contributed by atoms with Crippen molar-refractivity contribution in [2.45, 2.75) is 19.0 Å². The van der Waals surface area contributed by atoms with Crippen molar-refractivity contribution in [3.8, 4) is 17.1 Å². The maximum absolute atomic E-state index is 12.6. The monoisotopic (exact) mass is 409 g/mol. The summed E-state index contributed by atoms with van der Waals surface area (Å²) in [4.78, 5) is 18.7. The number of thioether (sulfide) groups is 1. The van der Waals surface area contributed by atoms with Crippen LogP contribution in [0.5, 0.6) is 0 Å². The molecule has 3 heterocycles. The van der Waals surface area contributed by atoms with E-state index in [4.69, 9.17) is 4.74 Å². The normalized spacial score (nSPS) is 14.2. The Morgan fingerprint density at radius 2 is 2.00 bits per heavy atom. The zero-order valence-electron chi connectivity index (χ0n) is 16.5. The van der Waals surface area contributed by atoms with Gasteiger partial charge >= 0.3 is 0 Å². The van der Waals surface area contributed by atoms with E-state index in [1.54, 1.807) is 12.4 Å². The summed E-state index contributed by atoms with van der Waals surface area (Å²) in [7, 11) is 0. The van der Waals surface area contributed by atoms with Crippen LogP contribution in [0.3, 0.4) is 0 Å². The van der Waals surface area contributed by atoms with Crippen LogP contribution in [0, 0.1) is 13.8 Å². The maximum Gasteiger partial charge on any atom is 0.233 e. The number of amides is 1. The molecule has 0 unspecified atom stereocenters. The molecule has 4 rings (SSSR count). The molecule has 1 fully saturated rings. The summed E-state index contributed by atoms with van der Waals surface area (Å²) in [6, 6.07) is 10.1. The van der Waals surface area contributed by atoms with Crippen molar-refractivity contribution in [1.82, 2.24) is 24.6 Å². The Balaban J connectivity index is 1.68. The maximum atomic E-state index is 12.6. The van der Waals surface area contributed by atoms with Gasteiger partial charge in [-0.3, -0.25) is 14.3 Å². The van der Waals surface area contributed by atoms with Gasteiger partial charge in [0.15, 0.2) is 11.0 Å². The minimum absolute atomic E-state index is 0.0942. The molecule has 1 amide bonds. The minimum Gasteiger partial charge on any atom is -0.378 e. The van der Waals surface area contributed by atoms with Crippen LogP contribution in [-0.2, 0) is 9.53 Å². The van der Waals surface area contributed by atoms with Gasteiger partial charge in [-0.05, 0) is 43.2 Å². The predicted octanol–water partition coefficient (Wildman–Crippen LogP) is 2.90. The minimum atomic E-state index is 0.0942. The molecule has 1 aliphatic heterocycles. The van der Waals surface area contributed by atoms with Gasteiger partial charge in [0.05, 0.1) is 24.7 Å². The SMILES string of the molecule is Cc1ccc(C)c(-n2c(SCC(=O)N3CCOCC3)nnc2-c2cccnc2)c1. The zero-order valence-corrected chi connectivity index (χ0v) is 17.4.